The highest BCUT2D eigenvalue weighted by atomic mass is 15.3. The molecule has 134 valence electrons. The Morgan fingerprint density at radius 2 is 1.50 bits per heavy atom. The zero-order valence-electron chi connectivity index (χ0n) is 15.1. The van der Waals surface area contributed by atoms with Gasteiger partial charge in [0.05, 0.1) is 0 Å². The van der Waals surface area contributed by atoms with Crippen LogP contribution in [0.5, 0.6) is 0 Å². The molecule has 0 spiro atoms. The summed E-state index contributed by atoms with van der Waals surface area (Å²) >= 11 is 0. The molecule has 0 amide bonds. The first-order valence-corrected chi connectivity index (χ1v) is 9.19. The Balaban J connectivity index is 1.47. The zero-order valence-corrected chi connectivity index (χ0v) is 15.1. The van der Waals surface area contributed by atoms with Gasteiger partial charge in [-0.1, -0.05) is 0 Å². The van der Waals surface area contributed by atoms with Gasteiger partial charge in [-0.05, 0) is 31.9 Å². The number of aryl methyl sites for hydroxylation is 1. The molecule has 0 saturated carbocycles. The molecule has 0 aromatic carbocycles. The average Bonchev–Trinajstić information content (AvgIpc) is 3.23. The molecule has 7 nitrogen and oxygen atoms in total. The van der Waals surface area contributed by atoms with Gasteiger partial charge in [0, 0.05) is 57.2 Å². The van der Waals surface area contributed by atoms with E-state index in [1.165, 1.54) is 12.8 Å². The van der Waals surface area contributed by atoms with E-state index >= 15 is 0 Å². The third-order valence-electron chi connectivity index (χ3n) is 5.07. The van der Waals surface area contributed by atoms with Crippen LogP contribution in [-0.2, 0) is 0 Å². The topological polar surface area (TPSA) is 72.2 Å². The van der Waals surface area contributed by atoms with Gasteiger partial charge in [-0.3, -0.25) is 0 Å². The molecule has 2 saturated heterocycles. The molecule has 4 heterocycles. The van der Waals surface area contributed by atoms with Gasteiger partial charge < -0.3 is 14.7 Å². The van der Waals surface area contributed by atoms with Gasteiger partial charge in [-0.2, -0.15) is 5.26 Å². The van der Waals surface area contributed by atoms with Crippen LogP contribution in [0.25, 0.3) is 0 Å². The lowest BCUT2D eigenvalue weighted by Crippen LogP contribution is -2.47. The number of piperazine rings is 1. The minimum Gasteiger partial charge on any atom is -0.368 e. The first kappa shape index (κ1) is 16.6. The van der Waals surface area contributed by atoms with Crippen molar-refractivity contribution in [3.05, 3.63) is 35.9 Å². The first-order chi connectivity index (χ1) is 12.7. The molecule has 2 aromatic heterocycles. The van der Waals surface area contributed by atoms with Gasteiger partial charge in [-0.25, -0.2) is 15.0 Å². The van der Waals surface area contributed by atoms with Crippen molar-refractivity contribution in [3.63, 3.8) is 0 Å². The van der Waals surface area contributed by atoms with Gasteiger partial charge in [0.2, 0.25) is 0 Å². The van der Waals surface area contributed by atoms with E-state index in [1.807, 2.05) is 19.1 Å². The van der Waals surface area contributed by atoms with E-state index in [9.17, 15) is 0 Å². The fourth-order valence-corrected chi connectivity index (χ4v) is 3.68. The van der Waals surface area contributed by atoms with Gasteiger partial charge in [-0.15, -0.1) is 0 Å². The standard InChI is InChI=1S/C19H23N7/c1-15-22-18(25-6-2-3-7-25)13-19(23-15)26-10-8-24(9-11-26)17-4-5-21-16(12-17)14-20/h4-5,12-13H,2-3,6-11H2,1H3. The normalized spacial score (nSPS) is 17.5. The monoisotopic (exact) mass is 349 g/mol. The highest BCUT2D eigenvalue weighted by Gasteiger charge is 2.21. The van der Waals surface area contributed by atoms with Crippen molar-refractivity contribution < 1.29 is 0 Å². The van der Waals surface area contributed by atoms with Gasteiger partial charge in [0.15, 0.2) is 0 Å². The third-order valence-corrected chi connectivity index (χ3v) is 5.07. The third kappa shape index (κ3) is 3.40. The van der Waals surface area contributed by atoms with Crippen molar-refractivity contribution in [2.75, 3.05) is 54.0 Å². The Labute approximate surface area is 153 Å². The second-order valence-corrected chi connectivity index (χ2v) is 6.81. The van der Waals surface area contributed by atoms with Crippen LogP contribution in [0.15, 0.2) is 24.4 Å². The lowest BCUT2D eigenvalue weighted by molar-refractivity contribution is 0.645. The van der Waals surface area contributed by atoms with E-state index < -0.39 is 0 Å². The largest absolute Gasteiger partial charge is 0.368 e. The molecule has 2 aliphatic rings. The molecule has 0 unspecified atom stereocenters. The molecule has 7 heteroatoms. The summed E-state index contributed by atoms with van der Waals surface area (Å²) in [6.07, 6.45) is 4.19. The van der Waals surface area contributed by atoms with Crippen molar-refractivity contribution in [1.29, 1.82) is 5.26 Å². The van der Waals surface area contributed by atoms with E-state index in [4.69, 9.17) is 5.26 Å². The lowest BCUT2D eigenvalue weighted by atomic mass is 10.2. The van der Waals surface area contributed by atoms with Gasteiger partial charge in [0.1, 0.15) is 29.2 Å². The number of rotatable bonds is 3. The molecule has 2 fully saturated rings. The Morgan fingerprint density at radius 1 is 0.885 bits per heavy atom. The Morgan fingerprint density at radius 3 is 2.15 bits per heavy atom. The van der Waals surface area contributed by atoms with Crippen LogP contribution in [0.2, 0.25) is 0 Å². The maximum Gasteiger partial charge on any atom is 0.142 e. The molecule has 0 radical (unpaired) electrons. The number of hydrogen-bond acceptors (Lipinski definition) is 7. The second-order valence-electron chi connectivity index (χ2n) is 6.81. The number of aromatic nitrogens is 3. The summed E-state index contributed by atoms with van der Waals surface area (Å²) in [5.41, 5.74) is 1.53. The maximum absolute atomic E-state index is 9.04. The van der Waals surface area contributed by atoms with Crippen LogP contribution in [-0.4, -0.2) is 54.2 Å². The predicted molar refractivity (Wildman–Crippen MR) is 102 cm³/mol. The molecular weight excluding hydrogens is 326 g/mol. The van der Waals surface area contributed by atoms with E-state index in [-0.39, 0.29) is 0 Å². The quantitative estimate of drug-likeness (QED) is 0.839. The maximum atomic E-state index is 9.04. The summed E-state index contributed by atoms with van der Waals surface area (Å²) < 4.78 is 0. The smallest absolute Gasteiger partial charge is 0.142 e. The summed E-state index contributed by atoms with van der Waals surface area (Å²) in [6, 6.07) is 8.07. The minimum absolute atomic E-state index is 0.464. The second kappa shape index (κ2) is 7.16. The molecule has 2 aromatic rings. The van der Waals surface area contributed by atoms with Crippen molar-refractivity contribution >= 4 is 17.3 Å². The lowest BCUT2D eigenvalue weighted by Gasteiger charge is -2.37. The molecule has 4 rings (SSSR count). The van der Waals surface area contributed by atoms with Crippen molar-refractivity contribution in [1.82, 2.24) is 15.0 Å². The van der Waals surface area contributed by atoms with Crippen LogP contribution < -0.4 is 14.7 Å². The molecule has 0 aliphatic carbocycles. The van der Waals surface area contributed by atoms with Crippen LogP contribution in [0, 0.1) is 18.3 Å². The Hall–Kier alpha value is -2.88. The van der Waals surface area contributed by atoms with Crippen molar-refractivity contribution in [2.45, 2.75) is 19.8 Å². The van der Waals surface area contributed by atoms with E-state index in [2.05, 4.69) is 41.8 Å². The summed E-state index contributed by atoms with van der Waals surface area (Å²) in [5.74, 6) is 2.91. The predicted octanol–water partition coefficient (Wildman–Crippen LogP) is 1.98. The number of anilines is 3. The minimum atomic E-state index is 0.464. The van der Waals surface area contributed by atoms with Crippen LogP contribution in [0.3, 0.4) is 0 Å². The van der Waals surface area contributed by atoms with Crippen molar-refractivity contribution in [2.24, 2.45) is 0 Å². The Kier molecular flexibility index (Phi) is 4.57. The van der Waals surface area contributed by atoms with Crippen LogP contribution in [0.4, 0.5) is 17.3 Å². The highest BCUT2D eigenvalue weighted by Crippen LogP contribution is 2.24. The fraction of sp³-hybridized carbons (Fsp3) is 0.474. The van der Waals surface area contributed by atoms with E-state index in [0.29, 0.717) is 5.69 Å². The number of pyridine rings is 1. The van der Waals surface area contributed by atoms with E-state index in [0.717, 1.165) is 62.4 Å². The highest BCUT2D eigenvalue weighted by molar-refractivity contribution is 5.54. The molecule has 0 bridgehead atoms. The summed E-state index contributed by atoms with van der Waals surface area (Å²) in [7, 11) is 0. The summed E-state index contributed by atoms with van der Waals surface area (Å²) in [5, 5.41) is 9.04. The number of nitriles is 1. The SMILES string of the molecule is Cc1nc(N2CCCC2)cc(N2CCN(c3ccnc(C#N)c3)CC2)n1. The van der Waals surface area contributed by atoms with Crippen LogP contribution >= 0.6 is 0 Å². The molecule has 2 aliphatic heterocycles. The summed E-state index contributed by atoms with van der Waals surface area (Å²) in [6.45, 7) is 7.76. The molecular formula is C19H23N7. The van der Waals surface area contributed by atoms with Crippen LogP contribution in [0.1, 0.15) is 24.4 Å². The average molecular weight is 349 g/mol. The zero-order chi connectivity index (χ0) is 17.9. The first-order valence-electron chi connectivity index (χ1n) is 9.19. The number of nitrogens with zero attached hydrogens (tertiary/aromatic N) is 7. The van der Waals surface area contributed by atoms with Crippen molar-refractivity contribution in [3.8, 4) is 6.07 Å². The molecule has 26 heavy (non-hydrogen) atoms. The number of hydrogen-bond donors (Lipinski definition) is 0. The van der Waals surface area contributed by atoms with Gasteiger partial charge in [0.25, 0.3) is 0 Å². The Bertz CT molecular complexity index is 815. The molecule has 0 N–H and O–H groups in total. The fourth-order valence-electron chi connectivity index (χ4n) is 3.68. The van der Waals surface area contributed by atoms with E-state index in [1.54, 1.807) is 6.20 Å². The summed E-state index contributed by atoms with van der Waals surface area (Å²) in [4.78, 5) is 20.3. The van der Waals surface area contributed by atoms with Gasteiger partial charge >= 0.3 is 0 Å². The molecule has 0 atom stereocenters.